The van der Waals surface area contributed by atoms with E-state index in [2.05, 4.69) is 3.97 Å². The molecule has 0 amide bonds. The number of rotatable bonds is 5. The van der Waals surface area contributed by atoms with E-state index >= 15 is 0 Å². The zero-order chi connectivity index (χ0) is 9.83. The minimum absolute atomic E-state index is 0. The Hall–Kier alpha value is 0.960. The molecule has 0 N–H and O–H groups in total. The molecule has 87 valence electrons. The van der Waals surface area contributed by atoms with Crippen LogP contribution in [-0.2, 0) is 50.0 Å². The summed E-state index contributed by atoms with van der Waals surface area (Å²) in [5, 5.41) is 0. The molecule has 0 atom stereocenters. The molecule has 0 spiro atoms. The molecule has 0 aliphatic rings. The van der Waals surface area contributed by atoms with Crippen LogP contribution in [0.4, 0.5) is 0 Å². The van der Waals surface area contributed by atoms with Crippen LogP contribution in [-0.4, -0.2) is 36.0 Å². The Kier molecular flexibility index (Phi) is 8.13. The molecule has 0 unspecified atom stereocenters. The van der Waals surface area contributed by atoms with E-state index in [0.717, 1.165) is 6.26 Å². The normalized spacial score (nSPS) is 13.5. The molecule has 0 aromatic rings. The minimum atomic E-state index is -3.63. The van der Waals surface area contributed by atoms with Crippen LogP contribution in [0.3, 0.4) is 0 Å². The van der Waals surface area contributed by atoms with Gasteiger partial charge in [-0.15, -0.1) is 0 Å². The Bertz CT molecular complexity index is 217. The molecule has 0 heterocycles. The van der Waals surface area contributed by atoms with Crippen molar-refractivity contribution in [2.75, 3.05) is 27.6 Å². The molecule has 13 heavy (non-hydrogen) atoms. The van der Waals surface area contributed by atoms with Crippen LogP contribution in [0.1, 0.15) is 0 Å². The fourth-order valence-electron chi connectivity index (χ4n) is 0.537. The number of hydrogen-bond donors (Lipinski definition) is 0. The maximum atomic E-state index is 10.7. The zero-order valence-electron chi connectivity index (χ0n) is 7.66. The average Bonchev–Trinajstić information content (AvgIpc) is 1.99. The van der Waals surface area contributed by atoms with Gasteiger partial charge in [-0.1, -0.05) is 0 Å². The SMILES string of the molecule is CO[PH](OC)(OC)OS(C)(=O)=O.[Ag]. The smallest absolute Gasteiger partial charge is 0 e. The first kappa shape index (κ1) is 16.4. The summed E-state index contributed by atoms with van der Waals surface area (Å²) < 4.78 is 40.0. The molecule has 6 nitrogen and oxygen atoms in total. The van der Waals surface area contributed by atoms with Crippen LogP contribution >= 0.6 is 8.17 Å². The maximum Gasteiger partial charge on any atom is 0 e. The van der Waals surface area contributed by atoms with E-state index in [-0.39, 0.29) is 22.4 Å². The first-order valence-electron chi connectivity index (χ1n) is 2.95. The first-order valence-corrected chi connectivity index (χ1v) is 6.40. The molecule has 0 saturated heterocycles. The van der Waals surface area contributed by atoms with Crippen molar-refractivity contribution in [2.24, 2.45) is 0 Å². The monoisotopic (exact) mass is 327 g/mol. The Morgan fingerprint density at radius 1 is 1.00 bits per heavy atom. The van der Waals surface area contributed by atoms with Gasteiger partial charge in [-0.05, 0) is 0 Å². The molecule has 0 aromatic heterocycles. The Morgan fingerprint density at radius 2 is 1.31 bits per heavy atom. The van der Waals surface area contributed by atoms with Crippen molar-refractivity contribution in [1.82, 2.24) is 0 Å². The minimum Gasteiger partial charge on any atom is 0 e. The van der Waals surface area contributed by atoms with Crippen LogP contribution in [0.5, 0.6) is 0 Å². The summed E-state index contributed by atoms with van der Waals surface area (Å²) in [5.74, 6) is 0. The molecular formula is C4H13AgO6PS. The summed E-state index contributed by atoms with van der Waals surface area (Å²) in [7, 11) is -3.31. The van der Waals surface area contributed by atoms with Crippen LogP contribution in [0, 0.1) is 0 Å². The molecule has 0 bridgehead atoms. The Labute approximate surface area is 94.2 Å². The summed E-state index contributed by atoms with van der Waals surface area (Å²) >= 11 is 0. The molecule has 0 fully saturated rings. The summed E-state index contributed by atoms with van der Waals surface area (Å²) in [6.07, 6.45) is 0.895. The summed E-state index contributed by atoms with van der Waals surface area (Å²) in [6, 6.07) is 0. The fraction of sp³-hybridized carbons (Fsp3) is 1.00. The average molecular weight is 328 g/mol. The van der Waals surface area contributed by atoms with Crippen LogP contribution in [0.2, 0.25) is 0 Å². The quantitative estimate of drug-likeness (QED) is 0.534. The molecule has 0 rings (SSSR count). The van der Waals surface area contributed by atoms with Gasteiger partial charge in [-0.25, -0.2) is 0 Å². The summed E-state index contributed by atoms with van der Waals surface area (Å²) in [6.45, 7) is 0. The van der Waals surface area contributed by atoms with Gasteiger partial charge in [0.2, 0.25) is 0 Å². The predicted molar refractivity (Wildman–Crippen MR) is 45.3 cm³/mol. The summed E-state index contributed by atoms with van der Waals surface area (Å²) in [4.78, 5) is 0. The Morgan fingerprint density at radius 3 is 1.38 bits per heavy atom. The number of hydrogen-bond acceptors (Lipinski definition) is 6. The van der Waals surface area contributed by atoms with E-state index in [1.165, 1.54) is 21.3 Å². The van der Waals surface area contributed by atoms with Gasteiger partial charge in [0, 0.05) is 22.4 Å². The van der Waals surface area contributed by atoms with Gasteiger partial charge >= 0.3 is 71.8 Å². The third kappa shape index (κ3) is 6.11. The summed E-state index contributed by atoms with van der Waals surface area (Å²) in [5.41, 5.74) is 0. The van der Waals surface area contributed by atoms with Crippen molar-refractivity contribution in [2.45, 2.75) is 0 Å². The largest absolute Gasteiger partial charge is 0 e. The second kappa shape index (κ2) is 6.45. The van der Waals surface area contributed by atoms with E-state index in [0.29, 0.717) is 0 Å². The van der Waals surface area contributed by atoms with E-state index in [1.807, 2.05) is 0 Å². The van der Waals surface area contributed by atoms with Crippen molar-refractivity contribution in [3.8, 4) is 0 Å². The second-order valence-electron chi connectivity index (χ2n) is 1.90. The first-order chi connectivity index (χ1) is 5.39. The van der Waals surface area contributed by atoms with Crippen molar-refractivity contribution < 1.29 is 48.3 Å². The van der Waals surface area contributed by atoms with Gasteiger partial charge in [0.15, 0.2) is 0 Å². The van der Waals surface area contributed by atoms with Gasteiger partial charge in [-0.3, -0.25) is 0 Å². The predicted octanol–water partition coefficient (Wildman–Crippen LogP) is 0.309. The maximum absolute atomic E-state index is 10.7. The molecular weight excluding hydrogens is 315 g/mol. The second-order valence-corrected chi connectivity index (χ2v) is 6.20. The standard InChI is InChI=1S/C4H13O6PS.Ag/c1-7-11(8-2,9-3)10-12(4,5)6;/h11H,1-4H3;. The molecule has 0 aliphatic carbocycles. The van der Waals surface area contributed by atoms with Gasteiger partial charge < -0.3 is 0 Å². The molecule has 0 aliphatic heterocycles. The fourth-order valence-corrected chi connectivity index (χ4v) is 3.34. The van der Waals surface area contributed by atoms with E-state index in [1.54, 1.807) is 0 Å². The van der Waals surface area contributed by atoms with Gasteiger partial charge in [0.05, 0.1) is 0 Å². The zero-order valence-corrected chi connectivity index (χ0v) is 11.0. The van der Waals surface area contributed by atoms with Crippen molar-refractivity contribution >= 4 is 18.3 Å². The topological polar surface area (TPSA) is 71.1 Å². The van der Waals surface area contributed by atoms with Crippen molar-refractivity contribution in [1.29, 1.82) is 0 Å². The molecule has 0 aromatic carbocycles. The van der Waals surface area contributed by atoms with E-state index in [4.69, 9.17) is 13.6 Å². The third-order valence-electron chi connectivity index (χ3n) is 1.00. The van der Waals surface area contributed by atoms with Crippen LogP contribution < -0.4 is 0 Å². The van der Waals surface area contributed by atoms with Gasteiger partial charge in [0.1, 0.15) is 0 Å². The molecule has 9 heteroatoms. The van der Waals surface area contributed by atoms with E-state index in [9.17, 15) is 8.42 Å². The molecule has 0 saturated carbocycles. The van der Waals surface area contributed by atoms with Crippen LogP contribution in [0.15, 0.2) is 0 Å². The van der Waals surface area contributed by atoms with Gasteiger partial charge in [-0.2, -0.15) is 0 Å². The van der Waals surface area contributed by atoms with Crippen molar-refractivity contribution in [3.63, 3.8) is 0 Å². The third-order valence-corrected chi connectivity index (χ3v) is 4.53. The molecule has 1 radical (unpaired) electrons. The van der Waals surface area contributed by atoms with Crippen LogP contribution in [0.25, 0.3) is 0 Å². The van der Waals surface area contributed by atoms with Crippen molar-refractivity contribution in [3.05, 3.63) is 0 Å². The van der Waals surface area contributed by atoms with Gasteiger partial charge in [0.25, 0.3) is 0 Å². The Balaban J connectivity index is 0. The van der Waals surface area contributed by atoms with E-state index < -0.39 is 18.3 Å².